The summed E-state index contributed by atoms with van der Waals surface area (Å²) in [5, 5.41) is 0. The third kappa shape index (κ3) is 4.16. The average molecular weight is 427 g/mol. The third-order valence-corrected chi connectivity index (χ3v) is 8.49. The molecule has 0 bridgehead atoms. The maximum Gasteiger partial charge on any atom is 0.254 e. The van der Waals surface area contributed by atoms with E-state index >= 15 is 0 Å². The van der Waals surface area contributed by atoms with Gasteiger partial charge in [0.2, 0.25) is 10.0 Å². The van der Waals surface area contributed by atoms with E-state index < -0.39 is 10.0 Å². The highest BCUT2D eigenvalue weighted by Gasteiger charge is 2.32. The Balaban J connectivity index is 1.51. The molecule has 4 rings (SSSR count). The predicted octanol–water partition coefficient (Wildman–Crippen LogP) is 4.62. The van der Waals surface area contributed by atoms with Crippen LogP contribution < -0.4 is 0 Å². The molecule has 1 saturated heterocycles. The highest BCUT2D eigenvalue weighted by Crippen LogP contribution is 2.33. The van der Waals surface area contributed by atoms with Crippen molar-refractivity contribution >= 4 is 15.9 Å². The smallest absolute Gasteiger partial charge is 0.254 e. The number of nitrogens with zero attached hydrogens (tertiary/aromatic N) is 2. The van der Waals surface area contributed by atoms with Crippen LogP contribution in [-0.4, -0.2) is 43.2 Å². The maximum absolute atomic E-state index is 13.1. The molecule has 2 aromatic carbocycles. The van der Waals surface area contributed by atoms with Gasteiger partial charge in [-0.1, -0.05) is 49.6 Å². The fraction of sp³-hybridized carbons (Fsp3) is 0.458. The monoisotopic (exact) mass is 426 g/mol. The lowest BCUT2D eigenvalue weighted by molar-refractivity contribution is 0.0735. The number of amides is 1. The molecule has 2 aliphatic rings. The van der Waals surface area contributed by atoms with Gasteiger partial charge in [-0.05, 0) is 55.5 Å². The number of benzene rings is 2. The molecule has 0 radical (unpaired) electrons. The van der Waals surface area contributed by atoms with Gasteiger partial charge in [-0.15, -0.1) is 0 Å². The van der Waals surface area contributed by atoms with Crippen molar-refractivity contribution < 1.29 is 13.2 Å². The molecule has 0 spiro atoms. The summed E-state index contributed by atoms with van der Waals surface area (Å²) in [4.78, 5) is 15.3. The first-order valence-corrected chi connectivity index (χ1v) is 12.4. The van der Waals surface area contributed by atoms with Crippen molar-refractivity contribution in [1.82, 2.24) is 9.21 Å². The molecule has 1 aliphatic carbocycles. The maximum atomic E-state index is 13.1. The summed E-state index contributed by atoms with van der Waals surface area (Å²) in [6.07, 6.45) is 7.11. The Morgan fingerprint density at radius 3 is 2.23 bits per heavy atom. The Morgan fingerprint density at radius 1 is 0.900 bits per heavy atom. The molecule has 6 heteroatoms. The molecule has 1 amide bonds. The summed E-state index contributed by atoms with van der Waals surface area (Å²) in [6.45, 7) is 0.725. The molecule has 1 saturated carbocycles. The van der Waals surface area contributed by atoms with Gasteiger partial charge in [0.05, 0.1) is 10.9 Å². The number of hydrogen-bond acceptors (Lipinski definition) is 3. The molecule has 30 heavy (non-hydrogen) atoms. The zero-order chi connectivity index (χ0) is 21.1. The van der Waals surface area contributed by atoms with Crippen molar-refractivity contribution in [2.75, 3.05) is 13.6 Å². The first kappa shape index (κ1) is 21.1. The summed E-state index contributed by atoms with van der Waals surface area (Å²) in [5.74, 6) is -0.0362. The van der Waals surface area contributed by atoms with Crippen LogP contribution in [0, 0.1) is 0 Å². The number of likely N-dealkylation sites (tertiary alicyclic amines) is 1. The van der Waals surface area contributed by atoms with Crippen molar-refractivity contribution in [1.29, 1.82) is 0 Å². The molecule has 1 atom stereocenters. The van der Waals surface area contributed by atoms with E-state index in [2.05, 4.69) is 12.1 Å². The second kappa shape index (κ2) is 8.90. The second-order valence-corrected chi connectivity index (χ2v) is 10.4. The minimum atomic E-state index is -3.55. The van der Waals surface area contributed by atoms with Gasteiger partial charge in [-0.3, -0.25) is 4.79 Å². The SMILES string of the molecule is CN(C1CCCCC1)S(=O)(=O)c1ccc(C(=O)N2CCCC2c2ccccc2)cc1. The van der Waals surface area contributed by atoms with Gasteiger partial charge in [0.25, 0.3) is 5.91 Å². The highest BCUT2D eigenvalue weighted by molar-refractivity contribution is 7.89. The Kier molecular flexibility index (Phi) is 6.25. The van der Waals surface area contributed by atoms with E-state index in [1.165, 1.54) is 10.7 Å². The van der Waals surface area contributed by atoms with E-state index in [4.69, 9.17) is 0 Å². The number of sulfonamides is 1. The lowest BCUT2D eigenvalue weighted by Crippen LogP contribution is -2.38. The molecule has 1 unspecified atom stereocenters. The minimum Gasteiger partial charge on any atom is -0.332 e. The number of hydrogen-bond donors (Lipinski definition) is 0. The van der Waals surface area contributed by atoms with Gasteiger partial charge >= 0.3 is 0 Å². The summed E-state index contributed by atoms with van der Waals surface area (Å²) < 4.78 is 27.6. The molecule has 2 aromatic rings. The van der Waals surface area contributed by atoms with Gasteiger partial charge in [0.15, 0.2) is 0 Å². The van der Waals surface area contributed by atoms with Gasteiger partial charge in [0, 0.05) is 25.2 Å². The van der Waals surface area contributed by atoms with Crippen LogP contribution >= 0.6 is 0 Å². The van der Waals surface area contributed by atoms with Crippen molar-refractivity contribution in [2.45, 2.75) is 61.9 Å². The standard InChI is InChI=1S/C24H30N2O3S/c1-25(21-11-6-3-7-12-21)30(28,29)22-16-14-20(15-17-22)24(27)26-18-8-13-23(26)19-9-4-2-5-10-19/h2,4-5,9-10,14-17,21,23H,3,6-8,11-13,18H2,1H3. The van der Waals surface area contributed by atoms with Crippen LogP contribution in [0.2, 0.25) is 0 Å². The lowest BCUT2D eigenvalue weighted by atomic mass is 9.96. The molecule has 0 aromatic heterocycles. The average Bonchev–Trinajstić information content (AvgIpc) is 3.29. The molecule has 1 aliphatic heterocycles. The molecule has 5 nitrogen and oxygen atoms in total. The first-order valence-electron chi connectivity index (χ1n) is 10.9. The predicted molar refractivity (Wildman–Crippen MR) is 118 cm³/mol. The lowest BCUT2D eigenvalue weighted by Gasteiger charge is -2.30. The molecular formula is C24H30N2O3S. The molecule has 0 N–H and O–H groups in total. The van der Waals surface area contributed by atoms with Crippen LogP contribution in [0.3, 0.4) is 0 Å². The first-order chi connectivity index (χ1) is 14.5. The number of carbonyl (C=O) groups excluding carboxylic acids is 1. The summed E-state index contributed by atoms with van der Waals surface area (Å²) in [7, 11) is -1.87. The summed E-state index contributed by atoms with van der Waals surface area (Å²) in [5.41, 5.74) is 1.69. The summed E-state index contributed by atoms with van der Waals surface area (Å²) in [6, 6.07) is 16.7. The zero-order valence-corrected chi connectivity index (χ0v) is 18.4. The van der Waals surface area contributed by atoms with Crippen LogP contribution in [0.15, 0.2) is 59.5 Å². The number of rotatable bonds is 5. The van der Waals surface area contributed by atoms with Crippen LogP contribution in [-0.2, 0) is 10.0 Å². The Hall–Kier alpha value is -2.18. The van der Waals surface area contributed by atoms with E-state index in [1.54, 1.807) is 31.3 Å². The Morgan fingerprint density at radius 2 is 1.57 bits per heavy atom. The zero-order valence-electron chi connectivity index (χ0n) is 17.5. The van der Waals surface area contributed by atoms with Crippen LogP contribution in [0.4, 0.5) is 0 Å². The molecule has 1 heterocycles. The fourth-order valence-corrected chi connectivity index (χ4v) is 6.19. The van der Waals surface area contributed by atoms with Gasteiger partial charge < -0.3 is 4.90 Å². The Labute approximate surface area is 179 Å². The van der Waals surface area contributed by atoms with Crippen molar-refractivity contribution in [3.8, 4) is 0 Å². The van der Waals surface area contributed by atoms with Gasteiger partial charge in [-0.2, -0.15) is 4.31 Å². The van der Waals surface area contributed by atoms with Crippen LogP contribution in [0.1, 0.15) is 66.9 Å². The normalized spacial score (nSPS) is 20.6. The second-order valence-electron chi connectivity index (χ2n) is 8.40. The molecule has 160 valence electrons. The molecular weight excluding hydrogens is 396 g/mol. The van der Waals surface area contributed by atoms with Crippen molar-refractivity contribution in [2.24, 2.45) is 0 Å². The van der Waals surface area contributed by atoms with E-state index in [-0.39, 0.29) is 22.9 Å². The quantitative estimate of drug-likeness (QED) is 0.701. The van der Waals surface area contributed by atoms with Gasteiger partial charge in [-0.25, -0.2) is 8.42 Å². The molecule has 2 fully saturated rings. The van der Waals surface area contributed by atoms with Crippen LogP contribution in [0.5, 0.6) is 0 Å². The van der Waals surface area contributed by atoms with Crippen molar-refractivity contribution in [3.05, 3.63) is 65.7 Å². The Bertz CT molecular complexity index is 967. The van der Waals surface area contributed by atoms with Gasteiger partial charge in [0.1, 0.15) is 0 Å². The van der Waals surface area contributed by atoms with Crippen molar-refractivity contribution in [3.63, 3.8) is 0 Å². The highest BCUT2D eigenvalue weighted by atomic mass is 32.2. The topological polar surface area (TPSA) is 57.7 Å². The van der Waals surface area contributed by atoms with Crippen LogP contribution in [0.25, 0.3) is 0 Å². The number of carbonyl (C=O) groups is 1. The van der Waals surface area contributed by atoms with E-state index in [0.29, 0.717) is 5.56 Å². The minimum absolute atomic E-state index is 0.0362. The van der Waals surface area contributed by atoms with E-state index in [9.17, 15) is 13.2 Å². The summed E-state index contributed by atoms with van der Waals surface area (Å²) >= 11 is 0. The fourth-order valence-electron chi connectivity index (χ4n) is 4.77. The third-order valence-electron chi connectivity index (χ3n) is 6.57. The largest absolute Gasteiger partial charge is 0.332 e. The van der Waals surface area contributed by atoms with E-state index in [1.807, 2.05) is 23.1 Å². The van der Waals surface area contributed by atoms with E-state index in [0.717, 1.165) is 50.6 Å².